The summed E-state index contributed by atoms with van der Waals surface area (Å²) in [5.41, 5.74) is 4.30. The molecule has 1 atom stereocenters. The number of H-pyrrole nitrogens is 1. The van der Waals surface area contributed by atoms with Crippen molar-refractivity contribution in [2.75, 3.05) is 11.4 Å². The Morgan fingerprint density at radius 3 is 2.86 bits per heavy atom. The quantitative estimate of drug-likeness (QED) is 0.588. The number of benzene rings is 2. The van der Waals surface area contributed by atoms with Gasteiger partial charge in [0, 0.05) is 41.7 Å². The van der Waals surface area contributed by atoms with Crippen LogP contribution in [-0.2, 0) is 11.2 Å². The number of aryl methyl sites for hydroxylation is 1. The van der Waals surface area contributed by atoms with Crippen LogP contribution in [0.25, 0.3) is 10.9 Å². The van der Waals surface area contributed by atoms with Crippen molar-refractivity contribution in [2.24, 2.45) is 0 Å². The molecule has 3 heterocycles. The fourth-order valence-corrected chi connectivity index (χ4v) is 3.80. The molecule has 0 bridgehead atoms. The number of nitrogens with zero attached hydrogens (tertiary/aromatic N) is 3. The van der Waals surface area contributed by atoms with Gasteiger partial charge in [0.1, 0.15) is 0 Å². The highest BCUT2D eigenvalue weighted by Gasteiger charge is 2.34. The first-order valence-electron chi connectivity index (χ1n) is 9.42. The molecule has 5 rings (SSSR count). The number of para-hydroxylation sites is 1. The highest BCUT2D eigenvalue weighted by molar-refractivity contribution is 5.96. The number of rotatable bonds is 4. The van der Waals surface area contributed by atoms with Gasteiger partial charge >= 0.3 is 0 Å². The molecular formula is C22H20N4O2. The molecule has 4 aromatic rings. The van der Waals surface area contributed by atoms with Crippen molar-refractivity contribution in [3.05, 3.63) is 77.6 Å². The number of nitrogens with one attached hydrogen (secondary N) is 1. The van der Waals surface area contributed by atoms with Crippen molar-refractivity contribution in [2.45, 2.75) is 25.7 Å². The van der Waals surface area contributed by atoms with Gasteiger partial charge in [-0.1, -0.05) is 41.1 Å². The van der Waals surface area contributed by atoms with Crippen molar-refractivity contribution in [1.82, 2.24) is 15.1 Å². The summed E-state index contributed by atoms with van der Waals surface area (Å²) in [6.07, 6.45) is 2.95. The number of fused-ring (bicyclic) bond motifs is 1. The van der Waals surface area contributed by atoms with Crippen LogP contribution in [0.4, 0.5) is 5.69 Å². The van der Waals surface area contributed by atoms with Crippen LogP contribution in [0, 0.1) is 6.92 Å². The Bertz CT molecular complexity index is 1140. The Hall–Kier alpha value is -3.41. The molecule has 1 aliphatic rings. The number of hydrogen-bond donors (Lipinski definition) is 1. The highest BCUT2D eigenvalue weighted by Crippen LogP contribution is 2.31. The van der Waals surface area contributed by atoms with E-state index in [-0.39, 0.29) is 11.8 Å². The minimum atomic E-state index is -0.0470. The minimum Gasteiger partial charge on any atom is -0.361 e. The van der Waals surface area contributed by atoms with E-state index in [1.54, 1.807) is 4.90 Å². The van der Waals surface area contributed by atoms with Crippen LogP contribution in [0.1, 0.15) is 35.2 Å². The molecule has 6 nitrogen and oxygen atoms in total. The summed E-state index contributed by atoms with van der Waals surface area (Å²) in [5, 5.41) is 5.32. The van der Waals surface area contributed by atoms with Gasteiger partial charge in [0.15, 0.2) is 5.82 Å². The van der Waals surface area contributed by atoms with Crippen molar-refractivity contribution in [3.63, 3.8) is 0 Å². The zero-order valence-electron chi connectivity index (χ0n) is 15.6. The van der Waals surface area contributed by atoms with E-state index in [4.69, 9.17) is 4.52 Å². The molecule has 1 amide bonds. The van der Waals surface area contributed by atoms with Gasteiger partial charge in [-0.3, -0.25) is 4.79 Å². The molecule has 1 aliphatic heterocycles. The first-order chi connectivity index (χ1) is 13.7. The summed E-state index contributed by atoms with van der Waals surface area (Å²) in [4.78, 5) is 22.1. The third-order valence-corrected chi connectivity index (χ3v) is 5.34. The van der Waals surface area contributed by atoms with Crippen LogP contribution < -0.4 is 4.90 Å². The fraction of sp³-hybridized carbons (Fsp3) is 0.227. The zero-order chi connectivity index (χ0) is 19.1. The second-order valence-electron chi connectivity index (χ2n) is 7.32. The normalized spacial score (nSPS) is 17.0. The lowest BCUT2D eigenvalue weighted by Crippen LogP contribution is -2.24. The number of amides is 1. The van der Waals surface area contributed by atoms with Gasteiger partial charge in [0.05, 0.1) is 6.42 Å². The number of hydrogen-bond acceptors (Lipinski definition) is 4. The maximum absolute atomic E-state index is 12.5. The summed E-state index contributed by atoms with van der Waals surface area (Å²) in [7, 11) is 0. The van der Waals surface area contributed by atoms with Gasteiger partial charge in [-0.15, -0.1) is 0 Å². The van der Waals surface area contributed by atoms with Crippen molar-refractivity contribution in [3.8, 4) is 0 Å². The molecule has 1 N–H and O–H groups in total. The van der Waals surface area contributed by atoms with Crippen LogP contribution in [0.15, 0.2) is 59.3 Å². The predicted octanol–water partition coefficient (Wildman–Crippen LogP) is 3.97. The molecule has 28 heavy (non-hydrogen) atoms. The predicted molar refractivity (Wildman–Crippen MR) is 106 cm³/mol. The second kappa shape index (κ2) is 6.64. The molecule has 1 saturated heterocycles. The average molecular weight is 372 g/mol. The van der Waals surface area contributed by atoms with E-state index in [0.717, 1.165) is 22.2 Å². The third kappa shape index (κ3) is 2.97. The van der Waals surface area contributed by atoms with E-state index >= 15 is 0 Å². The van der Waals surface area contributed by atoms with Crippen LogP contribution in [0.5, 0.6) is 0 Å². The zero-order valence-corrected chi connectivity index (χ0v) is 15.6. The molecule has 140 valence electrons. The number of carbonyl (C=O) groups is 1. The summed E-state index contributed by atoms with van der Waals surface area (Å²) in [6.45, 7) is 2.61. The van der Waals surface area contributed by atoms with Gasteiger partial charge in [-0.2, -0.15) is 4.98 Å². The Balaban J connectivity index is 1.33. The summed E-state index contributed by atoms with van der Waals surface area (Å²) in [5.74, 6) is 1.23. The van der Waals surface area contributed by atoms with Crippen LogP contribution in [0.3, 0.4) is 0 Å². The van der Waals surface area contributed by atoms with E-state index in [9.17, 15) is 4.79 Å². The average Bonchev–Trinajstić information content (AvgIpc) is 3.42. The smallest absolute Gasteiger partial charge is 0.231 e. The second-order valence-corrected chi connectivity index (χ2v) is 7.32. The largest absolute Gasteiger partial charge is 0.361 e. The maximum atomic E-state index is 12.5. The lowest BCUT2D eigenvalue weighted by Gasteiger charge is -2.16. The molecule has 1 fully saturated rings. The lowest BCUT2D eigenvalue weighted by molar-refractivity contribution is -0.117. The first kappa shape index (κ1) is 16.7. The highest BCUT2D eigenvalue weighted by atomic mass is 16.5. The number of anilines is 1. The minimum absolute atomic E-state index is 0.0470. The van der Waals surface area contributed by atoms with Gasteiger partial charge in [-0.25, -0.2) is 0 Å². The van der Waals surface area contributed by atoms with E-state index in [1.807, 2.05) is 55.6 Å². The Labute approximate surface area is 162 Å². The SMILES string of the molecule is Cc1ccc(N2CC(c3noc(Cc4c[nH]c5ccccc45)n3)CC2=O)cc1. The van der Waals surface area contributed by atoms with Gasteiger partial charge in [-0.05, 0) is 30.7 Å². The van der Waals surface area contributed by atoms with Crippen molar-refractivity contribution >= 4 is 22.5 Å². The molecule has 0 aliphatic carbocycles. The molecule has 0 saturated carbocycles. The number of aromatic nitrogens is 3. The van der Waals surface area contributed by atoms with Crippen LogP contribution in [-0.4, -0.2) is 27.6 Å². The summed E-state index contributed by atoms with van der Waals surface area (Å²) in [6, 6.07) is 16.1. The van der Waals surface area contributed by atoms with Crippen LogP contribution >= 0.6 is 0 Å². The molecule has 6 heteroatoms. The monoisotopic (exact) mass is 372 g/mol. The Kier molecular flexibility index (Phi) is 3.97. The third-order valence-electron chi connectivity index (χ3n) is 5.34. The van der Waals surface area contributed by atoms with E-state index < -0.39 is 0 Å². The van der Waals surface area contributed by atoms with E-state index in [0.29, 0.717) is 31.1 Å². The van der Waals surface area contributed by atoms with Crippen molar-refractivity contribution < 1.29 is 9.32 Å². The summed E-state index contributed by atoms with van der Waals surface area (Å²) < 4.78 is 5.49. The van der Waals surface area contributed by atoms with Crippen LogP contribution in [0.2, 0.25) is 0 Å². The molecule has 0 radical (unpaired) electrons. The van der Waals surface area contributed by atoms with Crippen molar-refractivity contribution in [1.29, 1.82) is 0 Å². The van der Waals surface area contributed by atoms with Gasteiger partial charge < -0.3 is 14.4 Å². The summed E-state index contributed by atoms with van der Waals surface area (Å²) >= 11 is 0. The number of carbonyl (C=O) groups excluding carboxylic acids is 1. The van der Waals surface area contributed by atoms with E-state index in [1.165, 1.54) is 5.56 Å². The lowest BCUT2D eigenvalue weighted by atomic mass is 10.1. The molecular weight excluding hydrogens is 352 g/mol. The topological polar surface area (TPSA) is 75.0 Å². The number of aromatic amines is 1. The maximum Gasteiger partial charge on any atom is 0.231 e. The fourth-order valence-electron chi connectivity index (χ4n) is 3.80. The molecule has 2 aromatic heterocycles. The first-order valence-corrected chi connectivity index (χ1v) is 9.42. The molecule has 1 unspecified atom stereocenters. The Morgan fingerprint density at radius 1 is 1.18 bits per heavy atom. The van der Waals surface area contributed by atoms with Gasteiger partial charge in [0.2, 0.25) is 11.8 Å². The van der Waals surface area contributed by atoms with Gasteiger partial charge in [0.25, 0.3) is 0 Å². The Morgan fingerprint density at radius 2 is 2.00 bits per heavy atom. The molecule has 2 aromatic carbocycles. The standard InChI is InChI=1S/C22H20N4O2/c1-14-6-8-17(9-7-14)26-13-16(11-21(26)27)22-24-20(28-25-22)10-15-12-23-19-5-3-2-4-18(15)19/h2-9,12,16,23H,10-11,13H2,1H3. The van der Waals surface area contributed by atoms with E-state index in [2.05, 4.69) is 21.2 Å². The molecule has 0 spiro atoms.